The lowest BCUT2D eigenvalue weighted by molar-refractivity contribution is 0.0992. The number of likely N-dealkylation sites (N-methyl/N-ethyl adjacent to an activating group) is 1. The molecule has 0 saturated carbocycles. The molecule has 4 heterocycles. The quantitative estimate of drug-likeness (QED) is 0.863. The van der Waals surface area contributed by atoms with Gasteiger partial charge in [-0.3, -0.25) is 9.79 Å². The normalized spacial score (nSPS) is 20.2. The zero-order valence-corrected chi connectivity index (χ0v) is 16.5. The average molecular weight is 392 g/mol. The molecule has 3 aliphatic heterocycles. The summed E-state index contributed by atoms with van der Waals surface area (Å²) in [6, 6.07) is 4.02. The number of nitrogens with two attached hydrogens (primary N) is 1. The number of likely N-dealkylation sites (tertiary alicyclic amines) is 1. The fourth-order valence-corrected chi connectivity index (χ4v) is 4.41. The van der Waals surface area contributed by atoms with Crippen molar-refractivity contribution in [3.05, 3.63) is 35.0 Å². The van der Waals surface area contributed by atoms with Gasteiger partial charge in [-0.25, -0.2) is 4.98 Å². The van der Waals surface area contributed by atoms with Crippen LogP contribution in [0.1, 0.15) is 34.3 Å². The molecule has 1 amide bonds. The Hall–Kier alpha value is -2.93. The lowest BCUT2D eigenvalue weighted by Crippen LogP contribution is -2.24. The summed E-state index contributed by atoms with van der Waals surface area (Å²) < 4.78 is 11.9. The lowest BCUT2D eigenvalue weighted by atomic mass is 9.94. The third-order valence-electron chi connectivity index (χ3n) is 5.83. The standard InChI is InChI=1S/C22H24N4O3/c1-26-7-5-15(12-26)29-18-10-17(20-16(4-6-24-20)19(18)21(23)27)14-9-13-3-2-8-28-22(13)25-11-14/h6,9-11,15H,2-5,7-8,12H2,1H3,(H2,23,27). The molecule has 1 fully saturated rings. The summed E-state index contributed by atoms with van der Waals surface area (Å²) >= 11 is 0. The van der Waals surface area contributed by atoms with Gasteiger partial charge in [0.2, 0.25) is 5.88 Å². The van der Waals surface area contributed by atoms with Crippen molar-refractivity contribution in [3.63, 3.8) is 0 Å². The molecule has 2 aromatic rings. The minimum atomic E-state index is -0.475. The topological polar surface area (TPSA) is 90.0 Å². The summed E-state index contributed by atoms with van der Waals surface area (Å²) in [5, 5.41) is 0. The second kappa shape index (κ2) is 7.15. The predicted molar refractivity (Wildman–Crippen MR) is 110 cm³/mol. The van der Waals surface area contributed by atoms with E-state index in [1.807, 2.05) is 18.5 Å². The highest BCUT2D eigenvalue weighted by molar-refractivity contribution is 6.03. The number of fused-ring (bicyclic) bond motifs is 2. The number of aryl methyl sites for hydroxylation is 1. The Balaban J connectivity index is 1.62. The Morgan fingerprint density at radius 1 is 1.38 bits per heavy atom. The van der Waals surface area contributed by atoms with Gasteiger partial charge < -0.3 is 20.1 Å². The van der Waals surface area contributed by atoms with Crippen LogP contribution in [0.2, 0.25) is 0 Å². The number of nitrogens with zero attached hydrogens (tertiary/aromatic N) is 3. The second-order valence-corrected chi connectivity index (χ2v) is 7.94. The van der Waals surface area contributed by atoms with Gasteiger partial charge in [0.25, 0.3) is 5.91 Å². The number of hydrogen-bond acceptors (Lipinski definition) is 6. The number of benzene rings is 1. The van der Waals surface area contributed by atoms with Crippen molar-refractivity contribution >= 4 is 17.8 Å². The Kier molecular flexibility index (Phi) is 4.47. The summed E-state index contributed by atoms with van der Waals surface area (Å²) in [4.78, 5) is 23.6. The van der Waals surface area contributed by atoms with Crippen molar-refractivity contribution in [1.82, 2.24) is 9.88 Å². The van der Waals surface area contributed by atoms with Gasteiger partial charge in [-0.05, 0) is 38.4 Å². The van der Waals surface area contributed by atoms with Crippen LogP contribution in [0.3, 0.4) is 0 Å². The molecule has 0 aliphatic carbocycles. The van der Waals surface area contributed by atoms with Gasteiger partial charge in [-0.2, -0.15) is 0 Å². The number of carbonyl (C=O) groups excluding carboxylic acids is 1. The van der Waals surface area contributed by atoms with Crippen molar-refractivity contribution in [3.8, 4) is 22.8 Å². The third-order valence-corrected chi connectivity index (χ3v) is 5.83. The van der Waals surface area contributed by atoms with Gasteiger partial charge in [0.05, 0.1) is 17.9 Å². The molecular formula is C22H24N4O3. The number of hydrogen-bond donors (Lipinski definition) is 1. The smallest absolute Gasteiger partial charge is 0.252 e. The first kappa shape index (κ1) is 18.1. The van der Waals surface area contributed by atoms with Gasteiger partial charge in [-0.15, -0.1) is 0 Å². The van der Waals surface area contributed by atoms with Crippen molar-refractivity contribution in [2.45, 2.75) is 31.8 Å². The van der Waals surface area contributed by atoms with Crippen LogP contribution in [0, 0.1) is 0 Å². The molecular weight excluding hydrogens is 368 g/mol. The highest BCUT2D eigenvalue weighted by Crippen LogP contribution is 2.44. The molecule has 0 radical (unpaired) electrons. The maximum absolute atomic E-state index is 12.3. The van der Waals surface area contributed by atoms with Gasteiger partial charge in [-0.1, -0.05) is 0 Å². The zero-order chi connectivity index (χ0) is 20.0. The predicted octanol–water partition coefficient (Wildman–Crippen LogP) is 2.51. The number of aromatic nitrogens is 1. The van der Waals surface area contributed by atoms with Crippen molar-refractivity contribution in [2.75, 3.05) is 26.7 Å². The van der Waals surface area contributed by atoms with E-state index in [0.717, 1.165) is 60.3 Å². The molecule has 0 bridgehead atoms. The number of ether oxygens (including phenoxy) is 2. The molecule has 0 spiro atoms. The second-order valence-electron chi connectivity index (χ2n) is 7.94. The Labute approximate surface area is 169 Å². The molecule has 5 rings (SSSR count). The monoisotopic (exact) mass is 392 g/mol. The Morgan fingerprint density at radius 3 is 3.07 bits per heavy atom. The molecule has 1 saturated heterocycles. The molecule has 1 atom stereocenters. The summed E-state index contributed by atoms with van der Waals surface area (Å²) in [6.45, 7) is 2.52. The average Bonchev–Trinajstić information content (AvgIpc) is 3.35. The van der Waals surface area contributed by atoms with Gasteiger partial charge in [0, 0.05) is 54.2 Å². The molecule has 1 aromatic heterocycles. The van der Waals surface area contributed by atoms with E-state index in [1.165, 1.54) is 0 Å². The molecule has 29 heavy (non-hydrogen) atoms. The van der Waals surface area contributed by atoms with E-state index >= 15 is 0 Å². The minimum Gasteiger partial charge on any atom is -0.488 e. The van der Waals surface area contributed by atoms with E-state index in [1.54, 1.807) is 0 Å². The van der Waals surface area contributed by atoms with Gasteiger partial charge in [0.1, 0.15) is 11.9 Å². The van der Waals surface area contributed by atoms with Crippen LogP contribution in [0.15, 0.2) is 23.3 Å². The van der Waals surface area contributed by atoms with E-state index in [4.69, 9.17) is 15.2 Å². The molecule has 3 aliphatic rings. The number of carbonyl (C=O) groups is 1. The number of amides is 1. The van der Waals surface area contributed by atoms with Crippen LogP contribution in [0.5, 0.6) is 11.6 Å². The molecule has 2 N–H and O–H groups in total. The zero-order valence-electron chi connectivity index (χ0n) is 16.5. The molecule has 7 heteroatoms. The van der Waals surface area contributed by atoms with Crippen LogP contribution in [-0.4, -0.2) is 54.9 Å². The van der Waals surface area contributed by atoms with Crippen LogP contribution in [-0.2, 0) is 12.8 Å². The van der Waals surface area contributed by atoms with Crippen LogP contribution in [0.25, 0.3) is 11.1 Å². The fraction of sp³-hybridized carbons (Fsp3) is 0.409. The SMILES string of the molecule is CN1CCC(Oc2cc(-c3cnc4c(c3)CCCO4)c3c(c2C(N)=O)CC=N3)C1. The highest BCUT2D eigenvalue weighted by Gasteiger charge is 2.28. The maximum atomic E-state index is 12.3. The van der Waals surface area contributed by atoms with E-state index in [9.17, 15) is 4.79 Å². The van der Waals surface area contributed by atoms with Crippen LogP contribution in [0.4, 0.5) is 5.69 Å². The first-order chi connectivity index (χ1) is 14.1. The van der Waals surface area contributed by atoms with E-state index < -0.39 is 5.91 Å². The number of aliphatic imine (C=N–C) groups is 1. The van der Waals surface area contributed by atoms with Crippen molar-refractivity contribution < 1.29 is 14.3 Å². The Bertz CT molecular complexity index is 1020. The molecule has 1 aromatic carbocycles. The van der Waals surface area contributed by atoms with E-state index in [2.05, 4.69) is 28.0 Å². The number of primary amides is 1. The first-order valence-electron chi connectivity index (χ1n) is 10.1. The third kappa shape index (κ3) is 3.25. The summed E-state index contributed by atoms with van der Waals surface area (Å²) in [5.74, 6) is 0.780. The largest absolute Gasteiger partial charge is 0.488 e. The van der Waals surface area contributed by atoms with Crippen LogP contribution >= 0.6 is 0 Å². The molecule has 7 nitrogen and oxygen atoms in total. The summed E-state index contributed by atoms with van der Waals surface area (Å²) in [7, 11) is 2.07. The molecule has 1 unspecified atom stereocenters. The summed E-state index contributed by atoms with van der Waals surface area (Å²) in [6.07, 6.45) is 7.10. The lowest BCUT2D eigenvalue weighted by Gasteiger charge is -2.21. The van der Waals surface area contributed by atoms with Gasteiger partial charge >= 0.3 is 0 Å². The van der Waals surface area contributed by atoms with Crippen molar-refractivity contribution in [1.29, 1.82) is 0 Å². The highest BCUT2D eigenvalue weighted by atomic mass is 16.5. The van der Waals surface area contributed by atoms with Crippen LogP contribution < -0.4 is 15.2 Å². The van der Waals surface area contributed by atoms with E-state index in [0.29, 0.717) is 30.2 Å². The van der Waals surface area contributed by atoms with Gasteiger partial charge in [0.15, 0.2) is 0 Å². The maximum Gasteiger partial charge on any atom is 0.252 e. The summed E-state index contributed by atoms with van der Waals surface area (Å²) in [5.41, 5.74) is 10.8. The Morgan fingerprint density at radius 2 is 2.28 bits per heavy atom. The minimum absolute atomic E-state index is 0.0429. The fourth-order valence-electron chi connectivity index (χ4n) is 4.41. The number of pyridine rings is 1. The van der Waals surface area contributed by atoms with E-state index in [-0.39, 0.29) is 6.10 Å². The van der Waals surface area contributed by atoms with Crippen molar-refractivity contribution in [2.24, 2.45) is 10.7 Å². The molecule has 150 valence electrons. The number of rotatable bonds is 4. The first-order valence-corrected chi connectivity index (χ1v) is 10.1.